The lowest BCUT2D eigenvalue weighted by molar-refractivity contribution is -0.969. The number of hydrogen-bond donors (Lipinski definition) is 2. The maximum atomic E-state index is 11.8. The molecular weight excluding hydrogens is 494 g/mol. The molecule has 0 spiro atoms. The highest BCUT2D eigenvalue weighted by atomic mass is 16.4. The fourth-order valence-electron chi connectivity index (χ4n) is 5.78. The van der Waals surface area contributed by atoms with Crippen molar-refractivity contribution in [1.29, 1.82) is 0 Å². The van der Waals surface area contributed by atoms with E-state index in [1.807, 2.05) is 0 Å². The van der Waals surface area contributed by atoms with E-state index >= 15 is 0 Å². The molecule has 0 saturated heterocycles. The van der Waals surface area contributed by atoms with Gasteiger partial charge in [-0.25, -0.2) is 9.59 Å². The molecule has 7 heteroatoms. The molecular formula is C32H59NO6. The fraction of sp³-hybridized carbons (Fsp3) is 0.844. The highest BCUT2D eigenvalue weighted by molar-refractivity contribution is 5.76. The Hall–Kier alpha value is -1.89. The standard InChI is InChI=1S/C32H59NO6/c1-5-6-7-8-9-10-11-12-13-14-15-16-17-18-19-20-21-22-23-24-25-26-33(27(2)30(34)35,28(3)31(36)37)29(4)32(38)39/h6-7,27-29H,5,8-26H2,1-4H3,(H2-,34,35,36,37,38,39)/b7-6+. The Bertz CT molecular complexity index is 642. The van der Waals surface area contributed by atoms with Gasteiger partial charge in [0.1, 0.15) is 6.04 Å². The van der Waals surface area contributed by atoms with Crippen LogP contribution in [0.2, 0.25) is 0 Å². The third-order valence-corrected chi connectivity index (χ3v) is 8.54. The predicted octanol–water partition coefficient (Wildman–Crippen LogP) is 6.88. The number of unbranched alkanes of at least 4 members (excludes halogenated alkanes) is 17. The van der Waals surface area contributed by atoms with Gasteiger partial charge in [0.25, 0.3) is 0 Å². The van der Waals surface area contributed by atoms with Gasteiger partial charge >= 0.3 is 11.9 Å². The third-order valence-electron chi connectivity index (χ3n) is 8.54. The lowest BCUT2D eigenvalue weighted by atomic mass is 9.99. The van der Waals surface area contributed by atoms with Gasteiger partial charge in [-0.2, -0.15) is 0 Å². The number of carbonyl (C=O) groups excluding carboxylic acids is 1. The van der Waals surface area contributed by atoms with E-state index in [2.05, 4.69) is 19.1 Å². The number of carboxylic acids is 3. The zero-order chi connectivity index (χ0) is 29.5. The molecule has 39 heavy (non-hydrogen) atoms. The maximum Gasteiger partial charge on any atom is 0.362 e. The molecule has 0 radical (unpaired) electrons. The van der Waals surface area contributed by atoms with Crippen LogP contribution in [0.1, 0.15) is 150 Å². The Labute approximate surface area is 238 Å². The number of carbonyl (C=O) groups is 3. The van der Waals surface area contributed by atoms with Gasteiger partial charge in [-0.05, 0) is 52.9 Å². The molecule has 0 aromatic carbocycles. The quantitative estimate of drug-likeness (QED) is 0.0651. The van der Waals surface area contributed by atoms with Crippen molar-refractivity contribution in [3.8, 4) is 0 Å². The van der Waals surface area contributed by atoms with Crippen LogP contribution in [0.25, 0.3) is 0 Å². The molecule has 0 heterocycles. The minimum atomic E-state index is -1.42. The normalized spacial score (nSPS) is 15.6. The van der Waals surface area contributed by atoms with Crippen LogP contribution in [0.3, 0.4) is 0 Å². The minimum absolute atomic E-state index is 0.187. The molecule has 0 aliphatic heterocycles. The average Bonchev–Trinajstić information content (AvgIpc) is 2.90. The predicted molar refractivity (Wildman–Crippen MR) is 156 cm³/mol. The van der Waals surface area contributed by atoms with E-state index in [1.54, 1.807) is 0 Å². The lowest BCUT2D eigenvalue weighted by Gasteiger charge is -2.49. The summed E-state index contributed by atoms with van der Waals surface area (Å²) in [5.41, 5.74) is 0. The van der Waals surface area contributed by atoms with Crippen molar-refractivity contribution in [3.63, 3.8) is 0 Å². The molecule has 0 rings (SSSR count). The average molecular weight is 554 g/mol. The van der Waals surface area contributed by atoms with Crippen LogP contribution >= 0.6 is 0 Å². The van der Waals surface area contributed by atoms with Gasteiger partial charge in [-0.1, -0.05) is 109 Å². The molecule has 0 saturated carbocycles. The van der Waals surface area contributed by atoms with E-state index in [4.69, 9.17) is 0 Å². The Morgan fingerprint density at radius 2 is 0.923 bits per heavy atom. The number of rotatable bonds is 27. The highest BCUT2D eigenvalue weighted by Gasteiger charge is 2.50. The largest absolute Gasteiger partial charge is 0.544 e. The lowest BCUT2D eigenvalue weighted by Crippen LogP contribution is -2.72. The zero-order valence-electron chi connectivity index (χ0n) is 25.5. The van der Waals surface area contributed by atoms with E-state index in [9.17, 15) is 29.7 Å². The van der Waals surface area contributed by atoms with E-state index in [0.717, 1.165) is 25.7 Å². The summed E-state index contributed by atoms with van der Waals surface area (Å²) >= 11 is 0. The summed E-state index contributed by atoms with van der Waals surface area (Å²) in [7, 11) is 0. The van der Waals surface area contributed by atoms with Gasteiger partial charge in [-0.15, -0.1) is 0 Å². The van der Waals surface area contributed by atoms with Crippen molar-refractivity contribution in [2.24, 2.45) is 0 Å². The summed E-state index contributed by atoms with van der Waals surface area (Å²) in [4.78, 5) is 35.3. The first-order valence-electron chi connectivity index (χ1n) is 15.8. The van der Waals surface area contributed by atoms with E-state index < -0.39 is 40.5 Å². The van der Waals surface area contributed by atoms with Crippen molar-refractivity contribution < 1.29 is 34.2 Å². The first-order chi connectivity index (χ1) is 18.6. The zero-order valence-corrected chi connectivity index (χ0v) is 25.5. The number of carboxylic acid groups (broad SMARTS) is 3. The maximum absolute atomic E-state index is 11.8. The van der Waals surface area contributed by atoms with Gasteiger partial charge in [0.15, 0.2) is 12.1 Å². The molecule has 3 unspecified atom stereocenters. The molecule has 0 aromatic rings. The van der Waals surface area contributed by atoms with Crippen LogP contribution in [0.4, 0.5) is 0 Å². The van der Waals surface area contributed by atoms with Gasteiger partial charge in [-0.3, -0.25) is 4.48 Å². The molecule has 0 aromatic heterocycles. The topological polar surface area (TPSA) is 115 Å². The van der Waals surface area contributed by atoms with Gasteiger partial charge in [0.05, 0.1) is 12.5 Å². The monoisotopic (exact) mass is 553 g/mol. The van der Waals surface area contributed by atoms with Crippen molar-refractivity contribution in [2.75, 3.05) is 6.54 Å². The van der Waals surface area contributed by atoms with Crippen LogP contribution in [-0.4, -0.2) is 57.3 Å². The van der Waals surface area contributed by atoms with Crippen LogP contribution < -0.4 is 5.11 Å². The van der Waals surface area contributed by atoms with Crippen LogP contribution in [0, 0.1) is 0 Å². The third kappa shape index (κ3) is 15.5. The van der Waals surface area contributed by atoms with Crippen LogP contribution in [0.5, 0.6) is 0 Å². The summed E-state index contributed by atoms with van der Waals surface area (Å²) in [6.45, 7) is 6.53. The van der Waals surface area contributed by atoms with Crippen LogP contribution in [-0.2, 0) is 14.4 Å². The Morgan fingerprint density at radius 3 is 1.23 bits per heavy atom. The van der Waals surface area contributed by atoms with Gasteiger partial charge in [0, 0.05) is 0 Å². The number of nitrogens with zero attached hydrogens (tertiary/aromatic N) is 1. The molecule has 0 aliphatic rings. The SMILES string of the molecule is CC/C=C/CCCCCCCCCCCCCCCCCCC[N+](C(C)C(=O)[O-])(C(C)C(=O)O)C(C)C(=O)O. The van der Waals surface area contributed by atoms with E-state index in [1.165, 1.54) is 111 Å². The molecule has 3 atom stereocenters. The molecule has 228 valence electrons. The second-order valence-electron chi connectivity index (χ2n) is 11.4. The molecule has 0 amide bonds. The van der Waals surface area contributed by atoms with E-state index in [0.29, 0.717) is 6.42 Å². The first kappa shape index (κ1) is 37.1. The molecule has 0 fully saturated rings. The summed E-state index contributed by atoms with van der Waals surface area (Å²) in [5, 5.41) is 31.0. The second-order valence-corrected chi connectivity index (χ2v) is 11.4. The summed E-state index contributed by atoms with van der Waals surface area (Å²) in [6, 6.07) is -3.55. The summed E-state index contributed by atoms with van der Waals surface area (Å²) in [5.74, 6) is -3.81. The van der Waals surface area contributed by atoms with Crippen molar-refractivity contribution in [1.82, 2.24) is 0 Å². The van der Waals surface area contributed by atoms with Gasteiger partial charge in [0.2, 0.25) is 0 Å². The molecule has 2 N–H and O–H groups in total. The number of hydrogen-bond acceptors (Lipinski definition) is 4. The first-order valence-corrected chi connectivity index (χ1v) is 15.8. The number of aliphatic carboxylic acids is 3. The fourth-order valence-corrected chi connectivity index (χ4v) is 5.78. The highest BCUT2D eigenvalue weighted by Crippen LogP contribution is 2.27. The van der Waals surface area contributed by atoms with E-state index in [-0.39, 0.29) is 6.54 Å². The Balaban J connectivity index is 3.99. The smallest absolute Gasteiger partial charge is 0.362 e. The number of quaternary nitrogens is 1. The van der Waals surface area contributed by atoms with Gasteiger partial charge < -0.3 is 20.1 Å². The number of allylic oxidation sites excluding steroid dienone is 2. The Kier molecular flexibility index (Phi) is 21.8. The molecule has 0 bridgehead atoms. The molecule has 0 aliphatic carbocycles. The van der Waals surface area contributed by atoms with Crippen molar-refractivity contribution >= 4 is 17.9 Å². The summed E-state index contributed by atoms with van der Waals surface area (Å²) in [6.07, 6.45) is 27.6. The summed E-state index contributed by atoms with van der Waals surface area (Å²) < 4.78 is -0.538. The van der Waals surface area contributed by atoms with Crippen LogP contribution in [0.15, 0.2) is 12.2 Å². The van der Waals surface area contributed by atoms with Crippen molar-refractivity contribution in [2.45, 2.75) is 168 Å². The van der Waals surface area contributed by atoms with Crippen molar-refractivity contribution in [3.05, 3.63) is 12.2 Å². The molecule has 7 nitrogen and oxygen atoms in total. The Morgan fingerprint density at radius 1 is 0.590 bits per heavy atom. The second kappa shape index (κ2) is 22.9. The minimum Gasteiger partial charge on any atom is -0.544 e.